The number of nitrogens with one attached hydrogen (secondary N) is 1. The zero-order valence-electron chi connectivity index (χ0n) is 14.6. The highest BCUT2D eigenvalue weighted by Crippen LogP contribution is 2.25. The lowest BCUT2D eigenvalue weighted by Crippen LogP contribution is -2.17. The number of nitrogens with zero attached hydrogens (tertiary/aromatic N) is 3. The molecule has 2 heterocycles. The van der Waals surface area contributed by atoms with E-state index in [0.717, 1.165) is 0 Å². The summed E-state index contributed by atoms with van der Waals surface area (Å²) >= 11 is 1.28. The quantitative estimate of drug-likeness (QED) is 0.560. The third-order valence-corrected chi connectivity index (χ3v) is 4.94. The zero-order valence-corrected chi connectivity index (χ0v) is 15.4. The van der Waals surface area contributed by atoms with Crippen molar-refractivity contribution in [3.63, 3.8) is 0 Å². The molecule has 0 spiro atoms. The Morgan fingerprint density at radius 1 is 1.18 bits per heavy atom. The molecule has 1 amide bonds. The second-order valence-corrected chi connectivity index (χ2v) is 6.95. The second-order valence-electron chi connectivity index (χ2n) is 6.10. The van der Waals surface area contributed by atoms with E-state index in [1.807, 2.05) is 6.07 Å². The highest BCUT2D eigenvalue weighted by molar-refractivity contribution is 7.14. The Labute approximate surface area is 163 Å². The lowest BCUT2D eigenvalue weighted by Gasteiger charge is -2.08. The molecule has 0 bridgehead atoms. The summed E-state index contributed by atoms with van der Waals surface area (Å²) in [7, 11) is 0. The van der Waals surface area contributed by atoms with Crippen LogP contribution in [0.5, 0.6) is 0 Å². The molecule has 140 valence electrons. The number of carbonyl (C=O) groups is 1. The fraction of sp³-hybridized carbons (Fsp3) is 0.100. The molecule has 0 fully saturated rings. The number of halogens is 1. The van der Waals surface area contributed by atoms with Crippen molar-refractivity contribution >= 4 is 33.3 Å². The van der Waals surface area contributed by atoms with E-state index in [0.29, 0.717) is 33.8 Å². The minimum absolute atomic E-state index is 0.149. The number of aryl methyl sites for hydroxylation is 1. The molecule has 1 N–H and O–H groups in total. The summed E-state index contributed by atoms with van der Waals surface area (Å²) in [6, 6.07) is 13.3. The molecule has 0 atom stereocenters. The van der Waals surface area contributed by atoms with Crippen molar-refractivity contribution in [2.24, 2.45) is 0 Å². The van der Waals surface area contributed by atoms with Crippen molar-refractivity contribution in [2.45, 2.75) is 13.0 Å². The molecule has 2 aromatic heterocycles. The van der Waals surface area contributed by atoms with Crippen LogP contribution >= 0.6 is 11.3 Å². The summed E-state index contributed by atoms with van der Waals surface area (Å²) in [5, 5.41) is 9.64. The van der Waals surface area contributed by atoms with E-state index in [1.54, 1.807) is 40.4 Å². The van der Waals surface area contributed by atoms with Gasteiger partial charge in [-0.1, -0.05) is 24.3 Å². The molecule has 6 nitrogen and oxygen atoms in total. The van der Waals surface area contributed by atoms with Gasteiger partial charge < -0.3 is 5.32 Å². The smallest absolute Gasteiger partial charge is 0.228 e. The van der Waals surface area contributed by atoms with Crippen molar-refractivity contribution in [3.8, 4) is 11.3 Å². The van der Waals surface area contributed by atoms with E-state index in [2.05, 4.69) is 15.4 Å². The number of anilines is 1. The number of hydrogen-bond acceptors (Lipinski definition) is 5. The number of carbonyl (C=O) groups excluding carboxylic acids is 1. The largest absolute Gasteiger partial charge is 0.302 e. The maximum absolute atomic E-state index is 13.3. The van der Waals surface area contributed by atoms with Gasteiger partial charge in [0, 0.05) is 22.8 Å². The van der Waals surface area contributed by atoms with Crippen molar-refractivity contribution < 1.29 is 9.18 Å². The summed E-state index contributed by atoms with van der Waals surface area (Å²) in [5.74, 6) is -0.554. The fourth-order valence-corrected chi connectivity index (χ4v) is 3.58. The highest BCUT2D eigenvalue weighted by Gasteiger charge is 2.10. The normalized spacial score (nSPS) is 10.9. The summed E-state index contributed by atoms with van der Waals surface area (Å²) in [6.07, 6.45) is 1.43. The van der Waals surface area contributed by atoms with Crippen molar-refractivity contribution in [1.82, 2.24) is 14.8 Å². The van der Waals surface area contributed by atoms with Gasteiger partial charge in [0.1, 0.15) is 5.82 Å². The van der Waals surface area contributed by atoms with E-state index in [-0.39, 0.29) is 23.6 Å². The van der Waals surface area contributed by atoms with E-state index < -0.39 is 0 Å². The molecule has 4 aromatic rings. The average Bonchev–Trinajstić information content (AvgIpc) is 3.16. The van der Waals surface area contributed by atoms with Crippen LogP contribution in [0.3, 0.4) is 0 Å². The Hall–Kier alpha value is -3.39. The zero-order chi connectivity index (χ0) is 19.5. The highest BCUT2D eigenvalue weighted by atomic mass is 32.1. The first-order valence-electron chi connectivity index (χ1n) is 8.56. The van der Waals surface area contributed by atoms with E-state index in [9.17, 15) is 14.0 Å². The van der Waals surface area contributed by atoms with E-state index >= 15 is 0 Å². The number of benzene rings is 2. The molecule has 0 saturated heterocycles. The van der Waals surface area contributed by atoms with Gasteiger partial charge in [0.2, 0.25) is 11.3 Å². The minimum atomic E-state index is -0.336. The van der Waals surface area contributed by atoms with Crippen molar-refractivity contribution in [2.75, 3.05) is 5.32 Å². The predicted molar refractivity (Wildman–Crippen MR) is 107 cm³/mol. The maximum Gasteiger partial charge on any atom is 0.228 e. The van der Waals surface area contributed by atoms with Crippen LogP contribution in [0.25, 0.3) is 22.2 Å². The lowest BCUT2D eigenvalue weighted by atomic mass is 10.2. The molecule has 0 unspecified atom stereocenters. The molecule has 0 saturated carbocycles. The summed E-state index contributed by atoms with van der Waals surface area (Å²) < 4.78 is 15.0. The van der Waals surface area contributed by atoms with Crippen LogP contribution in [-0.2, 0) is 11.3 Å². The van der Waals surface area contributed by atoms with Gasteiger partial charge in [-0.2, -0.15) is 5.10 Å². The van der Waals surface area contributed by atoms with Crippen LogP contribution in [0.2, 0.25) is 0 Å². The molecule has 0 radical (unpaired) electrons. The van der Waals surface area contributed by atoms with Gasteiger partial charge in [0.15, 0.2) is 5.13 Å². The van der Waals surface area contributed by atoms with Gasteiger partial charge in [-0.25, -0.2) is 9.37 Å². The fourth-order valence-electron chi connectivity index (χ4n) is 2.84. The first-order chi connectivity index (χ1) is 13.6. The van der Waals surface area contributed by atoms with Crippen LogP contribution in [0.15, 0.2) is 64.9 Å². The van der Waals surface area contributed by atoms with Gasteiger partial charge in [0.05, 0.1) is 24.0 Å². The van der Waals surface area contributed by atoms with E-state index in [1.165, 1.54) is 29.7 Å². The molecular weight excluding hydrogens is 379 g/mol. The van der Waals surface area contributed by atoms with Crippen LogP contribution in [0.1, 0.15) is 6.42 Å². The number of fused-ring (bicyclic) bond motifs is 1. The van der Waals surface area contributed by atoms with Crippen molar-refractivity contribution in [1.29, 1.82) is 0 Å². The monoisotopic (exact) mass is 394 g/mol. The molecular formula is C20H15FN4O2S. The Balaban J connectivity index is 1.43. The molecule has 28 heavy (non-hydrogen) atoms. The standard InChI is InChI=1S/C20H15FN4O2S/c21-14-5-3-4-13(10-14)16-12-28-20(23-16)24-19(27)8-9-25-17-7-2-1-6-15(17)18(26)11-22-25/h1-7,10-12H,8-9H2,(H,23,24,27). The third-order valence-electron chi connectivity index (χ3n) is 4.18. The Morgan fingerprint density at radius 3 is 2.89 bits per heavy atom. The lowest BCUT2D eigenvalue weighted by molar-refractivity contribution is -0.116. The molecule has 0 aliphatic rings. The third kappa shape index (κ3) is 3.81. The van der Waals surface area contributed by atoms with Gasteiger partial charge in [-0.05, 0) is 24.3 Å². The topological polar surface area (TPSA) is 76.9 Å². The summed E-state index contributed by atoms with van der Waals surface area (Å²) in [4.78, 5) is 28.5. The van der Waals surface area contributed by atoms with Gasteiger partial charge in [-0.3, -0.25) is 14.3 Å². The average molecular weight is 394 g/mol. The molecule has 4 rings (SSSR count). The van der Waals surface area contributed by atoms with Crippen LogP contribution in [0, 0.1) is 5.82 Å². The molecule has 8 heteroatoms. The summed E-state index contributed by atoms with van der Waals surface area (Å²) in [6.45, 7) is 0.328. The molecule has 2 aromatic carbocycles. The summed E-state index contributed by atoms with van der Waals surface area (Å²) in [5.41, 5.74) is 1.79. The predicted octanol–water partition coefficient (Wildman–Crippen LogP) is 3.69. The number of para-hydroxylation sites is 1. The Kier molecular flexibility index (Phi) is 4.94. The Morgan fingerprint density at radius 2 is 2.04 bits per heavy atom. The van der Waals surface area contributed by atoms with Crippen LogP contribution < -0.4 is 10.7 Å². The maximum atomic E-state index is 13.3. The number of thiazole rings is 1. The van der Waals surface area contributed by atoms with Gasteiger partial charge >= 0.3 is 0 Å². The SMILES string of the molecule is O=C(CCn1ncc(=O)c2ccccc21)Nc1nc(-c2cccc(F)c2)cs1. The second kappa shape index (κ2) is 7.69. The first kappa shape index (κ1) is 18.0. The van der Waals surface area contributed by atoms with Crippen LogP contribution in [0.4, 0.5) is 9.52 Å². The molecule has 0 aliphatic carbocycles. The first-order valence-corrected chi connectivity index (χ1v) is 9.44. The number of hydrogen-bond donors (Lipinski definition) is 1. The van der Waals surface area contributed by atoms with Gasteiger partial charge in [-0.15, -0.1) is 11.3 Å². The van der Waals surface area contributed by atoms with E-state index in [4.69, 9.17) is 0 Å². The molecule has 0 aliphatic heterocycles. The van der Waals surface area contributed by atoms with Gasteiger partial charge in [0.25, 0.3) is 0 Å². The number of amides is 1. The number of aromatic nitrogens is 3. The number of rotatable bonds is 5. The van der Waals surface area contributed by atoms with Crippen molar-refractivity contribution in [3.05, 3.63) is 76.1 Å². The van der Waals surface area contributed by atoms with Crippen LogP contribution in [-0.4, -0.2) is 20.7 Å². The minimum Gasteiger partial charge on any atom is -0.302 e. The Bertz CT molecular complexity index is 1220.